The number of imidazole rings is 1. The topological polar surface area (TPSA) is 39.2 Å². The second kappa shape index (κ2) is 4.98. The molecule has 1 aliphatic rings. The van der Waals surface area contributed by atoms with Crippen LogP contribution in [0.5, 0.6) is 5.75 Å². The minimum Gasteiger partial charge on any atom is -0.497 e. The van der Waals surface area contributed by atoms with Crippen LogP contribution in [-0.4, -0.2) is 29.4 Å². The summed E-state index contributed by atoms with van der Waals surface area (Å²) in [7, 11) is 1.68. The molecule has 102 valence electrons. The van der Waals surface area contributed by atoms with E-state index in [1.165, 1.54) is 0 Å². The predicted octanol–water partition coefficient (Wildman–Crippen LogP) is 3.45. The van der Waals surface area contributed by atoms with Gasteiger partial charge in [-0.25, -0.2) is 0 Å². The number of rotatable bonds is 2. The van der Waals surface area contributed by atoms with Crippen LogP contribution in [0.15, 0.2) is 18.2 Å². The van der Waals surface area contributed by atoms with Crippen molar-refractivity contribution in [2.45, 2.75) is 31.9 Å². The maximum Gasteiger partial charge on any atom is 0.178 e. The summed E-state index contributed by atoms with van der Waals surface area (Å²) < 4.78 is 13.9. The van der Waals surface area contributed by atoms with E-state index < -0.39 is 0 Å². The quantitative estimate of drug-likeness (QED) is 0.855. The summed E-state index contributed by atoms with van der Waals surface area (Å²) in [6, 6.07) is 6.41. The number of nitrogens with one attached hydrogen (secondary N) is 1. The van der Waals surface area contributed by atoms with Gasteiger partial charge >= 0.3 is 0 Å². The van der Waals surface area contributed by atoms with Gasteiger partial charge in [-0.3, -0.25) is 0 Å². The van der Waals surface area contributed by atoms with E-state index >= 15 is 0 Å². The Balaban J connectivity index is 2.10. The SMILES string of the molecule is COc1ccc2[nH]c(=S)n(C3CCOC(C)C3)c2c1. The molecule has 1 fully saturated rings. The van der Waals surface area contributed by atoms with Gasteiger partial charge in [-0.15, -0.1) is 0 Å². The van der Waals surface area contributed by atoms with Crippen molar-refractivity contribution >= 4 is 23.3 Å². The van der Waals surface area contributed by atoms with E-state index in [9.17, 15) is 0 Å². The zero-order valence-corrected chi connectivity index (χ0v) is 12.0. The third kappa shape index (κ3) is 2.28. The van der Waals surface area contributed by atoms with E-state index in [1.54, 1.807) is 7.11 Å². The summed E-state index contributed by atoms with van der Waals surface area (Å²) >= 11 is 5.48. The first kappa shape index (κ1) is 12.7. The highest BCUT2D eigenvalue weighted by Gasteiger charge is 2.23. The average molecular weight is 278 g/mol. The molecule has 1 N–H and O–H groups in total. The summed E-state index contributed by atoms with van der Waals surface area (Å²) in [5.41, 5.74) is 2.17. The summed E-state index contributed by atoms with van der Waals surface area (Å²) in [5.74, 6) is 0.857. The van der Waals surface area contributed by atoms with Gasteiger partial charge in [0.2, 0.25) is 0 Å². The molecular formula is C14H18N2O2S. The van der Waals surface area contributed by atoms with Crippen molar-refractivity contribution in [2.24, 2.45) is 0 Å². The van der Waals surface area contributed by atoms with E-state index in [-0.39, 0.29) is 6.10 Å². The van der Waals surface area contributed by atoms with E-state index in [0.29, 0.717) is 6.04 Å². The number of ether oxygens (including phenoxy) is 2. The lowest BCUT2D eigenvalue weighted by molar-refractivity contribution is 0.00647. The Morgan fingerprint density at radius 1 is 1.47 bits per heavy atom. The maximum absolute atomic E-state index is 5.62. The molecule has 0 radical (unpaired) electrons. The van der Waals surface area contributed by atoms with Crippen molar-refractivity contribution in [1.29, 1.82) is 0 Å². The van der Waals surface area contributed by atoms with Gasteiger partial charge in [0, 0.05) is 18.7 Å². The van der Waals surface area contributed by atoms with Crippen molar-refractivity contribution in [3.63, 3.8) is 0 Å². The molecule has 3 rings (SSSR count). The number of hydrogen-bond donors (Lipinski definition) is 1. The molecule has 0 saturated carbocycles. The Morgan fingerprint density at radius 2 is 2.32 bits per heavy atom. The first-order valence-corrected chi connectivity index (χ1v) is 6.99. The second-order valence-corrected chi connectivity index (χ2v) is 5.43. The Bertz CT molecular complexity index is 646. The van der Waals surface area contributed by atoms with Crippen LogP contribution < -0.4 is 4.74 Å². The van der Waals surface area contributed by atoms with E-state index in [0.717, 1.165) is 41.0 Å². The normalized spacial score (nSPS) is 23.7. The molecule has 1 aromatic heterocycles. The predicted molar refractivity (Wildman–Crippen MR) is 77.4 cm³/mol. The molecular weight excluding hydrogens is 260 g/mol. The number of benzene rings is 1. The van der Waals surface area contributed by atoms with Gasteiger partial charge < -0.3 is 19.0 Å². The number of aromatic nitrogens is 2. The third-order valence-corrected chi connectivity index (χ3v) is 4.05. The molecule has 1 saturated heterocycles. The lowest BCUT2D eigenvalue weighted by Gasteiger charge is -2.28. The lowest BCUT2D eigenvalue weighted by Crippen LogP contribution is -2.25. The average Bonchev–Trinajstić information content (AvgIpc) is 2.73. The largest absolute Gasteiger partial charge is 0.497 e. The zero-order valence-electron chi connectivity index (χ0n) is 11.2. The summed E-state index contributed by atoms with van der Waals surface area (Å²) in [5, 5.41) is 0. The first-order valence-electron chi connectivity index (χ1n) is 6.59. The maximum atomic E-state index is 5.62. The number of nitrogens with zero attached hydrogens (tertiary/aromatic N) is 1. The molecule has 0 aliphatic carbocycles. The highest BCUT2D eigenvalue weighted by molar-refractivity contribution is 7.71. The van der Waals surface area contributed by atoms with Gasteiger partial charge in [0.25, 0.3) is 0 Å². The first-order chi connectivity index (χ1) is 9.19. The van der Waals surface area contributed by atoms with Gasteiger partial charge in [0.15, 0.2) is 4.77 Å². The Morgan fingerprint density at radius 3 is 3.05 bits per heavy atom. The highest BCUT2D eigenvalue weighted by atomic mass is 32.1. The van der Waals surface area contributed by atoms with Crippen LogP contribution >= 0.6 is 12.2 Å². The molecule has 2 aromatic rings. The standard InChI is InChI=1S/C14H18N2O2S/c1-9-7-10(5-6-18-9)16-13-8-11(17-2)3-4-12(13)15-14(16)19/h3-4,8-10H,5-7H2,1-2H3,(H,15,19). The molecule has 0 spiro atoms. The van der Waals surface area contributed by atoms with Crippen LogP contribution in [0.4, 0.5) is 0 Å². The molecule has 1 aromatic carbocycles. The number of hydrogen-bond acceptors (Lipinski definition) is 3. The Labute approximate surface area is 117 Å². The second-order valence-electron chi connectivity index (χ2n) is 5.04. The minimum atomic E-state index is 0.288. The fraction of sp³-hybridized carbons (Fsp3) is 0.500. The van der Waals surface area contributed by atoms with Crippen LogP contribution in [0.25, 0.3) is 11.0 Å². The number of fused-ring (bicyclic) bond motifs is 1. The lowest BCUT2D eigenvalue weighted by atomic mass is 10.0. The summed E-state index contributed by atoms with van der Waals surface area (Å²) in [4.78, 5) is 3.27. The molecule has 5 heteroatoms. The summed E-state index contributed by atoms with van der Waals surface area (Å²) in [6.07, 6.45) is 2.29. The van der Waals surface area contributed by atoms with Gasteiger partial charge in [-0.1, -0.05) is 0 Å². The molecule has 2 atom stereocenters. The van der Waals surface area contributed by atoms with Crippen molar-refractivity contribution in [2.75, 3.05) is 13.7 Å². The third-order valence-electron chi connectivity index (χ3n) is 3.75. The van der Waals surface area contributed by atoms with Crippen LogP contribution in [0.3, 0.4) is 0 Å². The molecule has 1 aliphatic heterocycles. The van der Waals surface area contributed by atoms with E-state index in [1.807, 2.05) is 18.2 Å². The molecule has 2 heterocycles. The molecule has 2 unspecified atom stereocenters. The zero-order chi connectivity index (χ0) is 13.4. The number of H-pyrrole nitrogens is 1. The Kier molecular flexibility index (Phi) is 3.33. The van der Waals surface area contributed by atoms with Crippen LogP contribution in [-0.2, 0) is 4.74 Å². The van der Waals surface area contributed by atoms with E-state index in [4.69, 9.17) is 21.7 Å². The van der Waals surface area contributed by atoms with E-state index in [2.05, 4.69) is 16.5 Å². The van der Waals surface area contributed by atoms with Gasteiger partial charge in [-0.2, -0.15) is 0 Å². The van der Waals surface area contributed by atoms with Crippen molar-refractivity contribution in [1.82, 2.24) is 9.55 Å². The monoisotopic (exact) mass is 278 g/mol. The fourth-order valence-corrected chi connectivity index (χ4v) is 3.16. The molecule has 4 nitrogen and oxygen atoms in total. The van der Waals surface area contributed by atoms with Crippen LogP contribution in [0.1, 0.15) is 25.8 Å². The summed E-state index contributed by atoms with van der Waals surface area (Å²) in [6.45, 7) is 2.91. The van der Waals surface area contributed by atoms with Crippen LogP contribution in [0, 0.1) is 4.77 Å². The number of methoxy groups -OCH3 is 1. The van der Waals surface area contributed by atoms with Gasteiger partial charge in [-0.05, 0) is 44.1 Å². The molecule has 0 amide bonds. The minimum absolute atomic E-state index is 0.288. The van der Waals surface area contributed by atoms with Crippen molar-refractivity contribution < 1.29 is 9.47 Å². The number of aromatic amines is 1. The molecule has 0 bridgehead atoms. The van der Waals surface area contributed by atoms with Crippen molar-refractivity contribution in [3.8, 4) is 5.75 Å². The highest BCUT2D eigenvalue weighted by Crippen LogP contribution is 2.30. The smallest absolute Gasteiger partial charge is 0.178 e. The molecule has 19 heavy (non-hydrogen) atoms. The van der Waals surface area contributed by atoms with Crippen LogP contribution in [0.2, 0.25) is 0 Å². The van der Waals surface area contributed by atoms with Gasteiger partial charge in [0.1, 0.15) is 5.75 Å². The van der Waals surface area contributed by atoms with Gasteiger partial charge in [0.05, 0.1) is 24.2 Å². The van der Waals surface area contributed by atoms with Crippen molar-refractivity contribution in [3.05, 3.63) is 23.0 Å². The fourth-order valence-electron chi connectivity index (χ4n) is 2.80. The Hall–Kier alpha value is -1.33.